The third kappa shape index (κ3) is 10.5. The third-order valence-corrected chi connectivity index (χ3v) is 2.70. The molecule has 19 heavy (non-hydrogen) atoms. The normalized spacial score (nSPS) is 9.95. The minimum atomic E-state index is 1.03. The zero-order chi connectivity index (χ0) is 15.1. The van der Waals surface area contributed by atoms with Crippen LogP contribution in [0, 0.1) is 0 Å². The van der Waals surface area contributed by atoms with E-state index in [0.29, 0.717) is 0 Å². The Morgan fingerprint density at radius 2 is 1.47 bits per heavy atom. The number of unbranched alkanes of at least 4 members (excludes halogenated alkanes) is 1. The lowest BCUT2D eigenvalue weighted by Crippen LogP contribution is -1.87. The van der Waals surface area contributed by atoms with Crippen LogP contribution < -0.4 is 0 Å². The molecule has 0 spiro atoms. The van der Waals surface area contributed by atoms with E-state index in [4.69, 9.17) is 0 Å². The van der Waals surface area contributed by atoms with Crippen molar-refractivity contribution in [1.82, 2.24) is 0 Å². The van der Waals surface area contributed by atoms with E-state index < -0.39 is 0 Å². The predicted octanol–water partition coefficient (Wildman–Crippen LogP) is 6.58. The summed E-state index contributed by atoms with van der Waals surface area (Å²) in [6.07, 6.45) is 4.72. The van der Waals surface area contributed by atoms with Gasteiger partial charge in [-0.1, -0.05) is 72.6 Å². The van der Waals surface area contributed by atoms with Crippen LogP contribution in [0.15, 0.2) is 29.3 Å². The van der Waals surface area contributed by atoms with Gasteiger partial charge in [0.15, 0.2) is 0 Å². The van der Waals surface area contributed by atoms with Gasteiger partial charge in [0.1, 0.15) is 0 Å². The fourth-order valence-corrected chi connectivity index (χ4v) is 1.20. The summed E-state index contributed by atoms with van der Waals surface area (Å²) in [7, 11) is 0. The van der Waals surface area contributed by atoms with Crippen molar-refractivity contribution in [3.63, 3.8) is 0 Å². The van der Waals surface area contributed by atoms with Crippen LogP contribution in [0.5, 0.6) is 0 Å². The Labute approximate surface area is 121 Å². The number of nitrogens with zero attached hydrogens (tertiary/aromatic N) is 1. The number of hydrogen-bond donors (Lipinski definition) is 0. The van der Waals surface area contributed by atoms with Crippen LogP contribution in [-0.4, -0.2) is 5.71 Å². The first kappa shape index (κ1) is 20.2. The van der Waals surface area contributed by atoms with E-state index in [1.165, 1.54) is 24.1 Å². The van der Waals surface area contributed by atoms with Crippen LogP contribution in [0.1, 0.15) is 73.3 Å². The molecular formula is C18H33N. The van der Waals surface area contributed by atoms with E-state index in [1.807, 2.05) is 19.9 Å². The van der Waals surface area contributed by atoms with Gasteiger partial charge >= 0.3 is 0 Å². The topological polar surface area (TPSA) is 12.4 Å². The summed E-state index contributed by atoms with van der Waals surface area (Å²) >= 11 is 0. The molecule has 0 N–H and O–H groups in total. The average Bonchev–Trinajstić information content (AvgIpc) is 2.50. The molecule has 0 fully saturated rings. The second-order valence-electron chi connectivity index (χ2n) is 4.18. The third-order valence-electron chi connectivity index (χ3n) is 2.70. The summed E-state index contributed by atoms with van der Waals surface area (Å²) < 4.78 is 0. The highest BCUT2D eigenvalue weighted by molar-refractivity contribution is 5.84. The van der Waals surface area contributed by atoms with Gasteiger partial charge in [-0.25, -0.2) is 0 Å². The summed E-state index contributed by atoms with van der Waals surface area (Å²) in [5, 5.41) is 0. The van der Waals surface area contributed by atoms with Crippen molar-refractivity contribution in [3.8, 4) is 0 Å². The zero-order valence-electron chi connectivity index (χ0n) is 14.1. The molecule has 110 valence electrons. The van der Waals surface area contributed by atoms with Crippen LogP contribution >= 0.6 is 0 Å². The number of para-hydroxylation sites is 1. The molecule has 0 atom stereocenters. The molecule has 0 aliphatic rings. The van der Waals surface area contributed by atoms with E-state index in [2.05, 4.69) is 57.8 Å². The van der Waals surface area contributed by atoms with Crippen molar-refractivity contribution in [2.75, 3.05) is 0 Å². The van der Waals surface area contributed by atoms with E-state index in [-0.39, 0.29) is 0 Å². The van der Waals surface area contributed by atoms with Crippen LogP contribution in [0.4, 0.5) is 5.69 Å². The lowest BCUT2D eigenvalue weighted by atomic mass is 10.1. The van der Waals surface area contributed by atoms with Gasteiger partial charge in [0, 0.05) is 5.71 Å². The van der Waals surface area contributed by atoms with Crippen LogP contribution in [-0.2, 0) is 6.42 Å². The van der Waals surface area contributed by atoms with Crippen molar-refractivity contribution in [2.24, 2.45) is 4.99 Å². The van der Waals surface area contributed by atoms with Gasteiger partial charge in [-0.2, -0.15) is 0 Å². The van der Waals surface area contributed by atoms with Gasteiger partial charge in [0.2, 0.25) is 0 Å². The summed E-state index contributed by atoms with van der Waals surface area (Å²) in [6.45, 7) is 14.7. The fraction of sp³-hybridized carbons (Fsp3) is 0.611. The van der Waals surface area contributed by atoms with E-state index >= 15 is 0 Å². The fourth-order valence-electron chi connectivity index (χ4n) is 1.20. The largest absolute Gasteiger partial charge is 0.258 e. The Kier molecular flexibility index (Phi) is 15.9. The van der Waals surface area contributed by atoms with Crippen molar-refractivity contribution >= 4 is 11.4 Å². The zero-order valence-corrected chi connectivity index (χ0v) is 14.1. The lowest BCUT2D eigenvalue weighted by Gasteiger charge is -2.02. The summed E-state index contributed by atoms with van der Waals surface area (Å²) in [5.74, 6) is 0. The molecule has 0 saturated carbocycles. The second kappa shape index (κ2) is 14.9. The van der Waals surface area contributed by atoms with Gasteiger partial charge in [0.05, 0.1) is 5.69 Å². The number of aryl methyl sites for hydroxylation is 1. The number of benzene rings is 1. The maximum atomic E-state index is 4.56. The molecule has 0 aliphatic carbocycles. The Morgan fingerprint density at radius 3 is 1.89 bits per heavy atom. The maximum absolute atomic E-state index is 4.56. The van der Waals surface area contributed by atoms with Gasteiger partial charge in [-0.15, -0.1) is 0 Å². The first-order valence-corrected chi connectivity index (χ1v) is 7.81. The smallest absolute Gasteiger partial charge is 0.0660 e. The van der Waals surface area contributed by atoms with Crippen LogP contribution in [0.3, 0.4) is 0 Å². The SMILES string of the molecule is CC.CCC(C)=Nc1ccccc1CC.CCCC. The van der Waals surface area contributed by atoms with Gasteiger partial charge in [-0.05, 0) is 31.4 Å². The molecule has 0 amide bonds. The van der Waals surface area contributed by atoms with Gasteiger partial charge < -0.3 is 0 Å². The van der Waals surface area contributed by atoms with Crippen molar-refractivity contribution < 1.29 is 0 Å². The number of hydrogen-bond acceptors (Lipinski definition) is 1. The lowest BCUT2D eigenvalue weighted by molar-refractivity contribution is 0.886. The molecule has 1 aromatic rings. The first-order valence-electron chi connectivity index (χ1n) is 7.81. The molecule has 0 heterocycles. The molecule has 0 aliphatic heterocycles. The summed E-state index contributed by atoms with van der Waals surface area (Å²) in [5.41, 5.74) is 3.65. The average molecular weight is 263 g/mol. The second-order valence-corrected chi connectivity index (χ2v) is 4.18. The number of rotatable bonds is 4. The molecule has 0 bridgehead atoms. The molecule has 0 saturated heterocycles. The Hall–Kier alpha value is -1.11. The molecule has 1 rings (SSSR count). The molecule has 1 nitrogen and oxygen atoms in total. The highest BCUT2D eigenvalue weighted by Gasteiger charge is 1.96. The van der Waals surface area contributed by atoms with Gasteiger partial charge in [0.25, 0.3) is 0 Å². The Balaban J connectivity index is 0. The quantitative estimate of drug-likeness (QED) is 0.544. The molecule has 0 aromatic heterocycles. The summed E-state index contributed by atoms with van der Waals surface area (Å²) in [4.78, 5) is 4.56. The monoisotopic (exact) mass is 263 g/mol. The van der Waals surface area contributed by atoms with Crippen LogP contribution in [0.2, 0.25) is 0 Å². The van der Waals surface area contributed by atoms with E-state index in [1.54, 1.807) is 0 Å². The summed E-state index contributed by atoms with van der Waals surface area (Å²) in [6, 6.07) is 8.33. The standard InChI is InChI=1S/C12H17N.C4H10.C2H6/c1-4-10(3)13-12-9-7-6-8-11(12)5-2;1-3-4-2;1-2/h6-9H,4-5H2,1-3H3;3-4H2,1-2H3;1-2H3. The predicted molar refractivity (Wildman–Crippen MR) is 90.8 cm³/mol. The Morgan fingerprint density at radius 1 is 0.947 bits per heavy atom. The molecule has 1 aromatic carbocycles. The molecule has 0 unspecified atom stereocenters. The first-order chi connectivity index (χ1) is 9.19. The van der Waals surface area contributed by atoms with E-state index in [0.717, 1.165) is 18.5 Å². The highest BCUT2D eigenvalue weighted by Crippen LogP contribution is 2.19. The van der Waals surface area contributed by atoms with E-state index in [9.17, 15) is 0 Å². The minimum absolute atomic E-state index is 1.03. The van der Waals surface area contributed by atoms with Crippen LogP contribution in [0.25, 0.3) is 0 Å². The molecule has 1 heteroatoms. The molecule has 0 radical (unpaired) electrons. The van der Waals surface area contributed by atoms with Gasteiger partial charge in [-0.3, -0.25) is 4.99 Å². The van der Waals surface area contributed by atoms with Crippen molar-refractivity contribution in [1.29, 1.82) is 0 Å². The Bertz CT molecular complexity index is 324. The van der Waals surface area contributed by atoms with Crippen molar-refractivity contribution in [2.45, 2.75) is 74.1 Å². The minimum Gasteiger partial charge on any atom is -0.258 e. The highest BCUT2D eigenvalue weighted by atomic mass is 14.7. The van der Waals surface area contributed by atoms with Crippen molar-refractivity contribution in [3.05, 3.63) is 29.8 Å². The number of aliphatic imine (C=N–C) groups is 1. The maximum Gasteiger partial charge on any atom is 0.0660 e. The molecular weight excluding hydrogens is 230 g/mol.